The van der Waals surface area contributed by atoms with Crippen molar-refractivity contribution in [2.24, 2.45) is 5.73 Å². The highest BCUT2D eigenvalue weighted by Crippen LogP contribution is 2.13. The molecule has 2 aromatic rings. The number of amides is 1. The van der Waals surface area contributed by atoms with Crippen LogP contribution in [0.3, 0.4) is 0 Å². The number of nitrogens with zero attached hydrogens (tertiary/aromatic N) is 4. The van der Waals surface area contributed by atoms with E-state index in [0.29, 0.717) is 11.4 Å². The number of carbonyl (C=O) groups excluding carboxylic acids is 1. The zero-order valence-corrected chi connectivity index (χ0v) is 7.66. The lowest BCUT2D eigenvalue weighted by molar-refractivity contribution is 0.100. The Morgan fingerprint density at radius 2 is 1.67 bits per heavy atom. The van der Waals surface area contributed by atoms with Gasteiger partial charge in [0.2, 0.25) is 11.7 Å². The summed E-state index contributed by atoms with van der Waals surface area (Å²) in [6.45, 7) is 0. The zero-order chi connectivity index (χ0) is 10.7. The fourth-order valence-electron chi connectivity index (χ4n) is 1.10. The molecule has 0 saturated heterocycles. The van der Waals surface area contributed by atoms with E-state index in [1.807, 2.05) is 0 Å². The molecule has 0 atom stereocenters. The lowest BCUT2D eigenvalue weighted by Crippen LogP contribution is -2.10. The summed E-state index contributed by atoms with van der Waals surface area (Å²) in [5.74, 6) is -0.0553. The minimum Gasteiger partial charge on any atom is -0.366 e. The molecule has 0 aliphatic heterocycles. The second-order valence-electron chi connectivity index (χ2n) is 2.81. The monoisotopic (exact) mass is 201 g/mol. The second kappa shape index (κ2) is 3.79. The fourth-order valence-corrected chi connectivity index (χ4v) is 1.10. The average Bonchev–Trinajstić information content (AvgIpc) is 2.30. The van der Waals surface area contributed by atoms with Crippen LogP contribution in [0.1, 0.15) is 10.4 Å². The summed E-state index contributed by atoms with van der Waals surface area (Å²) in [7, 11) is 0. The van der Waals surface area contributed by atoms with Crippen molar-refractivity contribution in [3.8, 4) is 11.4 Å². The molecule has 1 amide bonds. The standard InChI is InChI=1S/C9H7N5O/c10-8(15)6-1-3-7(4-2-6)9-13-11-5-12-14-9/h1-5H,(H2,10,15). The Balaban J connectivity index is 2.36. The molecule has 1 heterocycles. The second-order valence-corrected chi connectivity index (χ2v) is 2.81. The number of benzene rings is 1. The summed E-state index contributed by atoms with van der Waals surface area (Å²) in [4.78, 5) is 10.8. The molecule has 0 fully saturated rings. The number of nitrogens with two attached hydrogens (primary N) is 1. The Bertz CT molecular complexity index is 468. The lowest BCUT2D eigenvalue weighted by Gasteiger charge is -1.98. The first-order valence-corrected chi connectivity index (χ1v) is 4.18. The third kappa shape index (κ3) is 1.93. The van der Waals surface area contributed by atoms with Gasteiger partial charge < -0.3 is 5.73 Å². The van der Waals surface area contributed by atoms with Crippen LogP contribution >= 0.6 is 0 Å². The molecule has 74 valence electrons. The molecule has 2 rings (SSSR count). The van der Waals surface area contributed by atoms with Crippen LogP contribution in [0.25, 0.3) is 11.4 Å². The van der Waals surface area contributed by atoms with E-state index < -0.39 is 5.91 Å². The van der Waals surface area contributed by atoms with Crippen molar-refractivity contribution in [3.05, 3.63) is 36.2 Å². The number of hydrogen-bond acceptors (Lipinski definition) is 5. The summed E-state index contributed by atoms with van der Waals surface area (Å²) < 4.78 is 0. The quantitative estimate of drug-likeness (QED) is 0.739. The molecular weight excluding hydrogens is 194 g/mol. The van der Waals surface area contributed by atoms with E-state index in [-0.39, 0.29) is 0 Å². The van der Waals surface area contributed by atoms with E-state index in [2.05, 4.69) is 20.4 Å². The van der Waals surface area contributed by atoms with E-state index in [1.165, 1.54) is 6.33 Å². The summed E-state index contributed by atoms with van der Waals surface area (Å²) in [6, 6.07) is 6.60. The van der Waals surface area contributed by atoms with Crippen molar-refractivity contribution in [3.63, 3.8) is 0 Å². The van der Waals surface area contributed by atoms with Crippen LogP contribution < -0.4 is 5.73 Å². The van der Waals surface area contributed by atoms with E-state index >= 15 is 0 Å². The average molecular weight is 201 g/mol. The van der Waals surface area contributed by atoms with Gasteiger partial charge in [0.25, 0.3) is 0 Å². The topological polar surface area (TPSA) is 94.7 Å². The molecule has 6 nitrogen and oxygen atoms in total. The first kappa shape index (κ1) is 9.20. The van der Waals surface area contributed by atoms with Gasteiger partial charge in [0.1, 0.15) is 0 Å². The normalized spacial score (nSPS) is 9.87. The molecule has 0 spiro atoms. The van der Waals surface area contributed by atoms with Gasteiger partial charge in [0.15, 0.2) is 6.33 Å². The molecule has 0 saturated carbocycles. The van der Waals surface area contributed by atoms with Crippen molar-refractivity contribution < 1.29 is 4.79 Å². The van der Waals surface area contributed by atoms with Gasteiger partial charge in [0, 0.05) is 11.1 Å². The van der Waals surface area contributed by atoms with Crippen LogP contribution in [-0.2, 0) is 0 Å². The van der Waals surface area contributed by atoms with Gasteiger partial charge in [0.05, 0.1) is 0 Å². The zero-order valence-electron chi connectivity index (χ0n) is 7.66. The summed E-state index contributed by atoms with van der Waals surface area (Å²) >= 11 is 0. The summed E-state index contributed by atoms with van der Waals surface area (Å²) in [5, 5.41) is 14.8. The molecule has 15 heavy (non-hydrogen) atoms. The van der Waals surface area contributed by atoms with Crippen molar-refractivity contribution >= 4 is 5.91 Å². The van der Waals surface area contributed by atoms with Gasteiger partial charge in [-0.25, -0.2) is 0 Å². The van der Waals surface area contributed by atoms with Crippen molar-refractivity contribution in [1.29, 1.82) is 0 Å². The van der Waals surface area contributed by atoms with Crippen LogP contribution in [0.5, 0.6) is 0 Å². The maximum Gasteiger partial charge on any atom is 0.248 e. The Morgan fingerprint density at radius 3 is 2.20 bits per heavy atom. The van der Waals surface area contributed by atoms with Gasteiger partial charge >= 0.3 is 0 Å². The van der Waals surface area contributed by atoms with Crippen LogP contribution in [0, 0.1) is 0 Å². The van der Waals surface area contributed by atoms with Crippen LogP contribution in [0.2, 0.25) is 0 Å². The largest absolute Gasteiger partial charge is 0.366 e. The SMILES string of the molecule is NC(=O)c1ccc(-c2nncnn2)cc1. The van der Waals surface area contributed by atoms with Crippen LogP contribution in [-0.4, -0.2) is 26.3 Å². The summed E-state index contributed by atoms with van der Waals surface area (Å²) in [6.07, 6.45) is 1.25. The molecule has 0 bridgehead atoms. The predicted molar refractivity (Wildman–Crippen MR) is 51.6 cm³/mol. The van der Waals surface area contributed by atoms with Crippen molar-refractivity contribution in [2.45, 2.75) is 0 Å². The Hall–Kier alpha value is -2.37. The molecule has 1 aromatic carbocycles. The highest BCUT2D eigenvalue weighted by molar-refractivity contribution is 5.93. The van der Waals surface area contributed by atoms with E-state index in [9.17, 15) is 4.79 Å². The van der Waals surface area contributed by atoms with Gasteiger partial charge in [-0.3, -0.25) is 4.79 Å². The number of hydrogen-bond donors (Lipinski definition) is 1. The molecule has 0 aliphatic rings. The molecule has 1 aromatic heterocycles. The van der Waals surface area contributed by atoms with E-state index in [1.54, 1.807) is 24.3 Å². The third-order valence-corrected chi connectivity index (χ3v) is 1.84. The minimum absolute atomic E-state index is 0.411. The molecule has 0 unspecified atom stereocenters. The third-order valence-electron chi connectivity index (χ3n) is 1.84. The fraction of sp³-hybridized carbons (Fsp3) is 0. The molecule has 0 aliphatic carbocycles. The number of rotatable bonds is 2. The van der Waals surface area contributed by atoms with E-state index in [0.717, 1.165) is 5.56 Å². The first-order chi connectivity index (χ1) is 7.27. The lowest BCUT2D eigenvalue weighted by atomic mass is 10.1. The van der Waals surface area contributed by atoms with Gasteiger partial charge in [-0.05, 0) is 12.1 Å². The maximum absolute atomic E-state index is 10.8. The predicted octanol–water partition coefficient (Wildman–Crippen LogP) is 0.0325. The van der Waals surface area contributed by atoms with Gasteiger partial charge in [-0.15, -0.1) is 20.4 Å². The molecule has 2 N–H and O–H groups in total. The Morgan fingerprint density at radius 1 is 1.07 bits per heavy atom. The number of primary amides is 1. The first-order valence-electron chi connectivity index (χ1n) is 4.18. The highest BCUT2D eigenvalue weighted by Gasteiger charge is 2.03. The van der Waals surface area contributed by atoms with Crippen molar-refractivity contribution in [1.82, 2.24) is 20.4 Å². The van der Waals surface area contributed by atoms with Crippen LogP contribution in [0.15, 0.2) is 30.6 Å². The Labute approximate surface area is 85.2 Å². The maximum atomic E-state index is 10.8. The summed E-state index contributed by atoms with van der Waals surface area (Å²) in [5.41, 5.74) is 6.28. The van der Waals surface area contributed by atoms with E-state index in [4.69, 9.17) is 5.73 Å². The minimum atomic E-state index is -0.466. The Kier molecular flexibility index (Phi) is 2.32. The number of aromatic nitrogens is 4. The van der Waals surface area contributed by atoms with Crippen LogP contribution in [0.4, 0.5) is 0 Å². The van der Waals surface area contributed by atoms with Gasteiger partial charge in [-0.1, -0.05) is 12.1 Å². The van der Waals surface area contributed by atoms with Crippen molar-refractivity contribution in [2.75, 3.05) is 0 Å². The molecule has 6 heteroatoms. The van der Waals surface area contributed by atoms with Gasteiger partial charge in [-0.2, -0.15) is 0 Å². The number of carbonyl (C=O) groups is 1. The smallest absolute Gasteiger partial charge is 0.248 e. The molecule has 0 radical (unpaired) electrons. The highest BCUT2D eigenvalue weighted by atomic mass is 16.1. The molecular formula is C9H7N5O.